The third-order valence-corrected chi connectivity index (χ3v) is 5.12. The number of nitriles is 1. The van der Waals surface area contributed by atoms with Crippen LogP contribution in [0.2, 0.25) is 0 Å². The van der Waals surface area contributed by atoms with Crippen molar-refractivity contribution in [2.75, 3.05) is 46.0 Å². The van der Waals surface area contributed by atoms with Gasteiger partial charge in [-0.3, -0.25) is 9.69 Å². The Hall–Kier alpha value is -2.10. The number of hydrogen-bond donors (Lipinski definition) is 0. The molecule has 2 fully saturated rings. The van der Waals surface area contributed by atoms with Crippen LogP contribution in [0.3, 0.4) is 0 Å². The summed E-state index contributed by atoms with van der Waals surface area (Å²) in [4.78, 5) is 16.9. The van der Waals surface area contributed by atoms with Gasteiger partial charge in [-0.2, -0.15) is 5.26 Å². The summed E-state index contributed by atoms with van der Waals surface area (Å²) in [5, 5.41) is 8.93. The normalized spacial score (nSPS) is 24.1. The molecule has 2 saturated heterocycles. The predicted octanol–water partition coefficient (Wildman–Crippen LogP) is 1.51. The summed E-state index contributed by atoms with van der Waals surface area (Å²) in [5.74, 6) is 1.07. The lowest BCUT2D eigenvalue weighted by Gasteiger charge is -2.34. The number of benzene rings is 1. The van der Waals surface area contributed by atoms with Gasteiger partial charge < -0.3 is 14.4 Å². The molecule has 2 heterocycles. The molecule has 2 aliphatic heterocycles. The van der Waals surface area contributed by atoms with Crippen LogP contribution >= 0.6 is 0 Å². The molecule has 1 aromatic rings. The molecule has 0 unspecified atom stereocenters. The molecule has 1 aromatic carbocycles. The first-order valence-corrected chi connectivity index (χ1v) is 8.93. The first-order chi connectivity index (χ1) is 12.2. The number of rotatable bonds is 5. The topological polar surface area (TPSA) is 65.8 Å². The highest BCUT2D eigenvalue weighted by Gasteiger charge is 2.38. The summed E-state index contributed by atoms with van der Waals surface area (Å²) in [6, 6.07) is 9.39. The number of nitrogens with zero attached hydrogens (tertiary/aromatic N) is 3. The van der Waals surface area contributed by atoms with Crippen molar-refractivity contribution >= 4 is 5.91 Å². The largest absolute Gasteiger partial charge is 0.484 e. The van der Waals surface area contributed by atoms with E-state index >= 15 is 0 Å². The molecule has 0 bridgehead atoms. The highest BCUT2D eigenvalue weighted by Crippen LogP contribution is 2.26. The summed E-state index contributed by atoms with van der Waals surface area (Å²) >= 11 is 0. The number of likely N-dealkylation sites (tertiary alicyclic amines) is 1. The van der Waals surface area contributed by atoms with E-state index in [0.29, 0.717) is 23.3 Å². The van der Waals surface area contributed by atoms with E-state index in [2.05, 4.69) is 17.9 Å². The van der Waals surface area contributed by atoms with Gasteiger partial charge in [0.15, 0.2) is 6.61 Å². The molecule has 0 N–H and O–H groups in total. The highest BCUT2D eigenvalue weighted by atomic mass is 16.5. The maximum absolute atomic E-state index is 12.6. The number of ether oxygens (including phenoxy) is 2. The lowest BCUT2D eigenvalue weighted by Crippen LogP contribution is -2.47. The summed E-state index contributed by atoms with van der Waals surface area (Å²) in [7, 11) is 0. The maximum atomic E-state index is 12.6. The van der Waals surface area contributed by atoms with Gasteiger partial charge in [-0.15, -0.1) is 0 Å². The van der Waals surface area contributed by atoms with E-state index in [1.807, 2.05) is 4.90 Å². The molecule has 134 valence electrons. The van der Waals surface area contributed by atoms with Crippen molar-refractivity contribution in [2.24, 2.45) is 5.92 Å². The van der Waals surface area contributed by atoms with Crippen LogP contribution in [-0.2, 0) is 9.53 Å². The van der Waals surface area contributed by atoms with Crippen molar-refractivity contribution < 1.29 is 14.3 Å². The Labute approximate surface area is 148 Å². The van der Waals surface area contributed by atoms with Crippen molar-refractivity contribution in [1.82, 2.24) is 9.80 Å². The minimum Gasteiger partial charge on any atom is -0.484 e. The van der Waals surface area contributed by atoms with Gasteiger partial charge in [-0.1, -0.05) is 19.4 Å². The van der Waals surface area contributed by atoms with Gasteiger partial charge in [0.1, 0.15) is 5.75 Å². The van der Waals surface area contributed by atoms with Crippen molar-refractivity contribution in [1.29, 1.82) is 5.26 Å². The average molecular weight is 343 g/mol. The molecule has 0 radical (unpaired) electrons. The molecule has 2 atom stereocenters. The van der Waals surface area contributed by atoms with Crippen LogP contribution in [0.4, 0.5) is 0 Å². The van der Waals surface area contributed by atoms with Crippen LogP contribution in [0.15, 0.2) is 24.3 Å². The minimum atomic E-state index is 0.0107. The zero-order valence-electron chi connectivity index (χ0n) is 14.7. The van der Waals surface area contributed by atoms with Crippen LogP contribution in [0, 0.1) is 17.2 Å². The van der Waals surface area contributed by atoms with Gasteiger partial charge in [-0.25, -0.2) is 0 Å². The van der Waals surface area contributed by atoms with Crippen molar-refractivity contribution in [3.63, 3.8) is 0 Å². The molecule has 0 spiro atoms. The van der Waals surface area contributed by atoms with Gasteiger partial charge >= 0.3 is 0 Å². The Bertz CT molecular complexity index is 637. The van der Waals surface area contributed by atoms with E-state index in [9.17, 15) is 4.79 Å². The lowest BCUT2D eigenvalue weighted by atomic mass is 9.99. The van der Waals surface area contributed by atoms with Gasteiger partial charge in [0.25, 0.3) is 5.91 Å². The Kier molecular flexibility index (Phi) is 5.90. The zero-order chi connectivity index (χ0) is 17.6. The zero-order valence-corrected chi connectivity index (χ0v) is 14.7. The molecular formula is C19H25N3O3. The van der Waals surface area contributed by atoms with Gasteiger partial charge in [-0.05, 0) is 24.1 Å². The first kappa shape index (κ1) is 17.7. The van der Waals surface area contributed by atoms with Gasteiger partial charge in [0.2, 0.25) is 0 Å². The average Bonchev–Trinajstić information content (AvgIpc) is 3.11. The molecule has 6 nitrogen and oxygen atoms in total. The second kappa shape index (κ2) is 8.32. The second-order valence-electron chi connectivity index (χ2n) is 6.61. The van der Waals surface area contributed by atoms with Crippen LogP contribution in [-0.4, -0.2) is 67.7 Å². The number of carbonyl (C=O) groups is 1. The summed E-state index contributed by atoms with van der Waals surface area (Å²) in [6.07, 6.45) is 1.07. The van der Waals surface area contributed by atoms with Crippen molar-refractivity contribution in [2.45, 2.75) is 19.4 Å². The van der Waals surface area contributed by atoms with E-state index in [0.717, 1.165) is 45.8 Å². The summed E-state index contributed by atoms with van der Waals surface area (Å²) in [5.41, 5.74) is 0.532. The Morgan fingerprint density at radius 1 is 1.36 bits per heavy atom. The van der Waals surface area contributed by atoms with E-state index in [1.165, 1.54) is 0 Å². The van der Waals surface area contributed by atoms with Crippen molar-refractivity contribution in [3.05, 3.63) is 29.8 Å². The van der Waals surface area contributed by atoms with E-state index in [1.54, 1.807) is 24.3 Å². The van der Waals surface area contributed by atoms with Gasteiger partial charge in [0, 0.05) is 32.2 Å². The fourth-order valence-corrected chi connectivity index (χ4v) is 3.67. The molecule has 0 saturated carbocycles. The predicted molar refractivity (Wildman–Crippen MR) is 93.2 cm³/mol. The van der Waals surface area contributed by atoms with Crippen LogP contribution in [0.5, 0.6) is 5.75 Å². The smallest absolute Gasteiger partial charge is 0.260 e. The summed E-state index contributed by atoms with van der Waals surface area (Å²) < 4.78 is 11.0. The van der Waals surface area contributed by atoms with E-state index < -0.39 is 0 Å². The Morgan fingerprint density at radius 3 is 2.88 bits per heavy atom. The Balaban J connectivity index is 1.56. The third-order valence-electron chi connectivity index (χ3n) is 5.12. The minimum absolute atomic E-state index is 0.0107. The molecule has 1 amide bonds. The number of carbonyl (C=O) groups excluding carboxylic acids is 1. The number of hydrogen-bond acceptors (Lipinski definition) is 5. The van der Waals surface area contributed by atoms with Gasteiger partial charge in [0.05, 0.1) is 24.8 Å². The second-order valence-corrected chi connectivity index (χ2v) is 6.61. The maximum Gasteiger partial charge on any atom is 0.260 e. The molecule has 0 aliphatic carbocycles. The first-order valence-electron chi connectivity index (χ1n) is 8.93. The molecule has 25 heavy (non-hydrogen) atoms. The molecule has 0 aromatic heterocycles. The quantitative estimate of drug-likeness (QED) is 0.811. The fraction of sp³-hybridized carbons (Fsp3) is 0.579. The van der Waals surface area contributed by atoms with Crippen LogP contribution < -0.4 is 4.74 Å². The van der Waals surface area contributed by atoms with Crippen LogP contribution in [0.1, 0.15) is 18.9 Å². The third kappa shape index (κ3) is 4.30. The fourth-order valence-electron chi connectivity index (χ4n) is 3.67. The molecule has 6 heteroatoms. The van der Waals surface area contributed by atoms with E-state index in [-0.39, 0.29) is 12.5 Å². The molecular weight excluding hydrogens is 318 g/mol. The van der Waals surface area contributed by atoms with Crippen LogP contribution in [0.25, 0.3) is 0 Å². The monoisotopic (exact) mass is 343 g/mol. The SMILES string of the molecule is CC[C@H]1CN(C(=O)COc2cccc(C#N)c2)C[C@H]1N1CCOCC1. The highest BCUT2D eigenvalue weighted by molar-refractivity contribution is 5.78. The van der Waals surface area contributed by atoms with Crippen molar-refractivity contribution in [3.8, 4) is 11.8 Å². The van der Waals surface area contributed by atoms with E-state index in [4.69, 9.17) is 14.7 Å². The number of amides is 1. The lowest BCUT2D eigenvalue weighted by molar-refractivity contribution is -0.132. The number of morpholine rings is 1. The summed E-state index contributed by atoms with van der Waals surface area (Å²) in [6.45, 7) is 7.20. The standard InChI is InChI=1S/C19H25N3O3/c1-2-16-12-22(13-18(16)21-6-8-24-9-7-21)19(23)14-25-17-5-3-4-15(10-17)11-20/h3-5,10,16,18H,2,6-9,12-14H2,1H3/t16-,18+/m0/s1. The Morgan fingerprint density at radius 2 is 2.16 bits per heavy atom. The molecule has 2 aliphatic rings. The molecule has 3 rings (SSSR count).